The molecule has 0 amide bonds. The van der Waals surface area contributed by atoms with Gasteiger partial charge in [-0.2, -0.15) is 5.10 Å². The fourth-order valence-electron chi connectivity index (χ4n) is 3.60. The monoisotopic (exact) mass is 369 g/mol. The maximum absolute atomic E-state index is 13.8. The number of anilines is 1. The third kappa shape index (κ3) is 3.11. The number of aromatic nitrogens is 4. The molecule has 1 aliphatic rings. The smallest absolute Gasteiger partial charge is 0.343 e. The molecule has 0 spiro atoms. The van der Waals surface area contributed by atoms with Crippen LogP contribution in [0.5, 0.6) is 0 Å². The van der Waals surface area contributed by atoms with Crippen molar-refractivity contribution in [3.05, 3.63) is 53.4 Å². The van der Waals surface area contributed by atoms with E-state index in [1.54, 1.807) is 23.7 Å². The second kappa shape index (κ2) is 6.94. The predicted octanol–water partition coefficient (Wildman–Crippen LogP) is 3.09. The lowest BCUT2D eigenvalue weighted by Gasteiger charge is -2.27. The van der Waals surface area contributed by atoms with E-state index in [2.05, 4.69) is 20.0 Å². The summed E-state index contributed by atoms with van der Waals surface area (Å²) in [5, 5.41) is 4.17. The molecule has 0 saturated carbocycles. The van der Waals surface area contributed by atoms with Crippen LogP contribution in [0, 0.1) is 12.7 Å². The summed E-state index contributed by atoms with van der Waals surface area (Å²) in [4.78, 5) is 23.1. The number of pyridine rings is 1. The number of esters is 1. The third-order valence-corrected chi connectivity index (χ3v) is 4.85. The van der Waals surface area contributed by atoms with Crippen molar-refractivity contribution in [2.45, 2.75) is 32.7 Å². The lowest BCUT2D eigenvalue weighted by molar-refractivity contribution is 0.0528. The van der Waals surface area contributed by atoms with Gasteiger partial charge in [0.05, 0.1) is 25.0 Å². The topological polar surface area (TPSA) is 72.6 Å². The Morgan fingerprint density at radius 2 is 2.26 bits per heavy atom. The average Bonchev–Trinajstić information content (AvgIpc) is 3.30. The summed E-state index contributed by atoms with van der Waals surface area (Å²) in [6, 6.07) is 3.40. The molecule has 0 N–H and O–H groups in total. The lowest BCUT2D eigenvalue weighted by atomic mass is 10.0. The molecule has 0 unspecified atom stereocenters. The van der Waals surface area contributed by atoms with Crippen molar-refractivity contribution in [2.24, 2.45) is 0 Å². The Balaban J connectivity index is 1.73. The molecule has 1 saturated heterocycles. The van der Waals surface area contributed by atoms with Gasteiger partial charge in [-0.3, -0.25) is 4.98 Å². The summed E-state index contributed by atoms with van der Waals surface area (Å²) in [7, 11) is 0. The van der Waals surface area contributed by atoms with Gasteiger partial charge in [-0.1, -0.05) is 0 Å². The second-order valence-electron chi connectivity index (χ2n) is 6.51. The first kappa shape index (κ1) is 17.4. The van der Waals surface area contributed by atoms with Crippen LogP contribution in [0.25, 0.3) is 5.65 Å². The fourth-order valence-corrected chi connectivity index (χ4v) is 3.60. The summed E-state index contributed by atoms with van der Waals surface area (Å²) in [5.41, 5.74) is 2.46. The minimum atomic E-state index is -0.444. The molecule has 0 aromatic carbocycles. The zero-order chi connectivity index (χ0) is 19.0. The first-order valence-electron chi connectivity index (χ1n) is 8.98. The van der Waals surface area contributed by atoms with Crippen molar-refractivity contribution >= 4 is 17.4 Å². The first-order chi connectivity index (χ1) is 13.1. The summed E-state index contributed by atoms with van der Waals surface area (Å²) in [5.74, 6) is -0.0637. The summed E-state index contributed by atoms with van der Waals surface area (Å²) in [6.45, 7) is 4.73. The van der Waals surface area contributed by atoms with Crippen LogP contribution >= 0.6 is 0 Å². The highest BCUT2D eigenvalue weighted by Crippen LogP contribution is 2.36. The maximum atomic E-state index is 13.8. The minimum Gasteiger partial charge on any atom is -0.462 e. The van der Waals surface area contributed by atoms with Gasteiger partial charge >= 0.3 is 5.97 Å². The number of carbonyl (C=O) groups excluding carboxylic acids is 1. The third-order valence-electron chi connectivity index (χ3n) is 4.85. The highest BCUT2D eigenvalue weighted by atomic mass is 19.1. The summed E-state index contributed by atoms with van der Waals surface area (Å²) >= 11 is 0. The molecule has 7 nitrogen and oxygen atoms in total. The van der Waals surface area contributed by atoms with E-state index < -0.39 is 5.97 Å². The van der Waals surface area contributed by atoms with Crippen molar-refractivity contribution in [2.75, 3.05) is 18.1 Å². The minimum absolute atomic E-state index is 0.00267. The van der Waals surface area contributed by atoms with E-state index >= 15 is 0 Å². The average molecular weight is 369 g/mol. The Hall–Kier alpha value is -3.03. The van der Waals surface area contributed by atoms with E-state index in [4.69, 9.17) is 4.74 Å². The lowest BCUT2D eigenvalue weighted by Crippen LogP contribution is -2.24. The van der Waals surface area contributed by atoms with Crippen LogP contribution in [-0.2, 0) is 4.74 Å². The molecule has 4 rings (SSSR count). The van der Waals surface area contributed by atoms with Gasteiger partial charge in [0.15, 0.2) is 5.65 Å². The highest BCUT2D eigenvalue weighted by molar-refractivity contribution is 5.95. The molecule has 3 aromatic heterocycles. The van der Waals surface area contributed by atoms with Crippen molar-refractivity contribution in [3.63, 3.8) is 0 Å². The number of nitrogens with zero attached hydrogens (tertiary/aromatic N) is 5. The molecule has 0 bridgehead atoms. The van der Waals surface area contributed by atoms with Crippen LogP contribution < -0.4 is 4.90 Å². The highest BCUT2D eigenvalue weighted by Gasteiger charge is 2.29. The molecule has 0 aliphatic carbocycles. The Morgan fingerprint density at radius 1 is 1.41 bits per heavy atom. The van der Waals surface area contributed by atoms with Crippen LogP contribution in [0.3, 0.4) is 0 Å². The van der Waals surface area contributed by atoms with Crippen LogP contribution in [0.15, 0.2) is 30.7 Å². The number of ether oxygens (including phenoxy) is 1. The van der Waals surface area contributed by atoms with Gasteiger partial charge in [-0.15, -0.1) is 0 Å². The molecule has 8 heteroatoms. The van der Waals surface area contributed by atoms with Crippen molar-refractivity contribution in [1.29, 1.82) is 0 Å². The zero-order valence-electron chi connectivity index (χ0n) is 15.2. The predicted molar refractivity (Wildman–Crippen MR) is 97.2 cm³/mol. The number of rotatable bonds is 4. The molecule has 4 heterocycles. The van der Waals surface area contributed by atoms with Crippen LogP contribution in [-0.4, -0.2) is 38.7 Å². The number of hydrogen-bond acceptors (Lipinski definition) is 6. The Morgan fingerprint density at radius 3 is 3.07 bits per heavy atom. The number of carbonyl (C=O) groups is 1. The standard InChI is InChI=1S/C19H20FN5O2/c1-3-27-19(26)15-11-22-25-8-6-17(23-18(15)25)24-7-4-5-16(24)14-9-13(20)10-21-12(14)2/h6,8-11,16H,3-5,7H2,1-2H3/t16-/m1/s1. The van der Waals surface area contributed by atoms with E-state index in [1.165, 1.54) is 12.4 Å². The SMILES string of the molecule is CCOC(=O)c1cnn2ccc(N3CCC[C@@H]3c3cc(F)cnc3C)nc12. The normalized spacial score (nSPS) is 16.9. The van der Waals surface area contributed by atoms with Crippen LogP contribution in [0.4, 0.5) is 10.2 Å². The van der Waals surface area contributed by atoms with E-state index in [9.17, 15) is 9.18 Å². The number of hydrogen-bond donors (Lipinski definition) is 0. The van der Waals surface area contributed by atoms with E-state index in [1.807, 2.05) is 13.0 Å². The van der Waals surface area contributed by atoms with Crippen molar-refractivity contribution < 1.29 is 13.9 Å². The van der Waals surface area contributed by atoms with Gasteiger partial charge in [-0.25, -0.2) is 18.7 Å². The van der Waals surface area contributed by atoms with Gasteiger partial charge in [0.1, 0.15) is 17.2 Å². The molecule has 0 radical (unpaired) electrons. The van der Waals surface area contributed by atoms with E-state index in [0.29, 0.717) is 11.2 Å². The zero-order valence-corrected chi connectivity index (χ0v) is 15.2. The van der Waals surface area contributed by atoms with Gasteiger partial charge in [0.25, 0.3) is 0 Å². The van der Waals surface area contributed by atoms with Crippen LogP contribution in [0.2, 0.25) is 0 Å². The largest absolute Gasteiger partial charge is 0.462 e. The number of fused-ring (bicyclic) bond motifs is 1. The van der Waals surface area contributed by atoms with Crippen molar-refractivity contribution in [3.8, 4) is 0 Å². The molecule has 1 aliphatic heterocycles. The number of aryl methyl sites for hydroxylation is 1. The Bertz CT molecular complexity index is 1000. The Labute approximate surface area is 155 Å². The molecule has 140 valence electrons. The second-order valence-corrected chi connectivity index (χ2v) is 6.51. The molecule has 1 fully saturated rings. The summed E-state index contributed by atoms with van der Waals surface area (Å²) < 4.78 is 20.4. The molecular weight excluding hydrogens is 349 g/mol. The maximum Gasteiger partial charge on any atom is 0.343 e. The summed E-state index contributed by atoms with van der Waals surface area (Å²) in [6.07, 6.45) is 6.33. The fraction of sp³-hybridized carbons (Fsp3) is 0.368. The quantitative estimate of drug-likeness (QED) is 0.658. The molecule has 1 atom stereocenters. The van der Waals surface area contributed by atoms with Gasteiger partial charge in [0, 0.05) is 18.4 Å². The van der Waals surface area contributed by atoms with E-state index in [0.717, 1.165) is 36.5 Å². The van der Waals surface area contributed by atoms with Crippen LogP contribution in [0.1, 0.15) is 47.4 Å². The van der Waals surface area contributed by atoms with Gasteiger partial charge in [-0.05, 0) is 44.4 Å². The first-order valence-corrected chi connectivity index (χ1v) is 8.98. The molecule has 27 heavy (non-hydrogen) atoms. The van der Waals surface area contributed by atoms with E-state index in [-0.39, 0.29) is 18.5 Å². The van der Waals surface area contributed by atoms with Crippen molar-refractivity contribution in [1.82, 2.24) is 19.6 Å². The molecule has 3 aromatic rings. The Kier molecular flexibility index (Phi) is 4.47. The van der Waals surface area contributed by atoms with Gasteiger partial charge in [0.2, 0.25) is 0 Å². The molecular formula is C19H20FN5O2. The number of halogens is 1. The van der Waals surface area contributed by atoms with Gasteiger partial charge < -0.3 is 9.64 Å².